The third kappa shape index (κ3) is 3.94. The second kappa shape index (κ2) is 7.41. The molecule has 0 bridgehead atoms. The SMILES string of the molecule is CCCNc1nc(CC)nc(Nc2ccccc2Br)c1C. The topological polar surface area (TPSA) is 49.8 Å². The van der Waals surface area contributed by atoms with E-state index in [1.807, 2.05) is 31.2 Å². The highest BCUT2D eigenvalue weighted by Crippen LogP contribution is 2.28. The fourth-order valence-corrected chi connectivity index (χ4v) is 2.33. The quantitative estimate of drug-likeness (QED) is 0.795. The molecule has 21 heavy (non-hydrogen) atoms. The zero-order valence-electron chi connectivity index (χ0n) is 12.7. The maximum Gasteiger partial charge on any atom is 0.139 e. The van der Waals surface area contributed by atoms with Crippen LogP contribution >= 0.6 is 15.9 Å². The first kappa shape index (κ1) is 15.8. The van der Waals surface area contributed by atoms with Gasteiger partial charge in [-0.25, -0.2) is 9.97 Å². The van der Waals surface area contributed by atoms with Crippen molar-refractivity contribution in [1.29, 1.82) is 0 Å². The van der Waals surface area contributed by atoms with Crippen LogP contribution in [0.15, 0.2) is 28.7 Å². The number of anilines is 3. The Kier molecular flexibility index (Phi) is 5.56. The number of aromatic nitrogens is 2. The molecule has 0 spiro atoms. The van der Waals surface area contributed by atoms with Crippen molar-refractivity contribution in [2.45, 2.75) is 33.6 Å². The van der Waals surface area contributed by atoms with E-state index in [2.05, 4.69) is 50.4 Å². The van der Waals surface area contributed by atoms with Gasteiger partial charge in [-0.2, -0.15) is 0 Å². The zero-order valence-corrected chi connectivity index (χ0v) is 14.3. The molecule has 5 heteroatoms. The van der Waals surface area contributed by atoms with Crippen LogP contribution in [0, 0.1) is 6.92 Å². The molecule has 1 aromatic heterocycles. The minimum Gasteiger partial charge on any atom is -0.370 e. The van der Waals surface area contributed by atoms with E-state index in [1.165, 1.54) is 0 Å². The molecule has 0 atom stereocenters. The van der Waals surface area contributed by atoms with E-state index in [0.717, 1.165) is 52.6 Å². The van der Waals surface area contributed by atoms with Gasteiger partial charge in [0.1, 0.15) is 17.5 Å². The largest absolute Gasteiger partial charge is 0.370 e. The van der Waals surface area contributed by atoms with Gasteiger partial charge in [-0.1, -0.05) is 26.0 Å². The van der Waals surface area contributed by atoms with Crippen LogP contribution in [0.3, 0.4) is 0 Å². The monoisotopic (exact) mass is 348 g/mol. The Labute approximate surface area is 134 Å². The number of nitrogens with zero attached hydrogens (tertiary/aromatic N) is 2. The third-order valence-electron chi connectivity index (χ3n) is 3.18. The fraction of sp³-hybridized carbons (Fsp3) is 0.375. The van der Waals surface area contributed by atoms with Crippen molar-refractivity contribution in [1.82, 2.24) is 9.97 Å². The highest BCUT2D eigenvalue weighted by molar-refractivity contribution is 9.10. The Hall–Kier alpha value is -1.62. The van der Waals surface area contributed by atoms with Crippen molar-refractivity contribution in [2.75, 3.05) is 17.2 Å². The summed E-state index contributed by atoms with van der Waals surface area (Å²) in [5.74, 6) is 2.61. The molecule has 2 N–H and O–H groups in total. The molecule has 0 fully saturated rings. The predicted octanol–water partition coefficient (Wildman–Crippen LogP) is 4.68. The first-order chi connectivity index (χ1) is 10.2. The number of hydrogen-bond donors (Lipinski definition) is 2. The smallest absolute Gasteiger partial charge is 0.139 e. The number of benzene rings is 1. The van der Waals surface area contributed by atoms with E-state index >= 15 is 0 Å². The summed E-state index contributed by atoms with van der Waals surface area (Å²) in [7, 11) is 0. The molecule has 2 aromatic rings. The number of halogens is 1. The fourth-order valence-electron chi connectivity index (χ4n) is 1.95. The lowest BCUT2D eigenvalue weighted by atomic mass is 10.2. The van der Waals surface area contributed by atoms with Gasteiger partial charge < -0.3 is 10.6 Å². The third-order valence-corrected chi connectivity index (χ3v) is 3.87. The van der Waals surface area contributed by atoms with Crippen molar-refractivity contribution in [3.63, 3.8) is 0 Å². The Balaban J connectivity index is 2.35. The molecule has 0 amide bonds. The number of rotatable bonds is 6. The molecule has 0 unspecified atom stereocenters. The van der Waals surface area contributed by atoms with E-state index in [0.29, 0.717) is 0 Å². The van der Waals surface area contributed by atoms with Crippen molar-refractivity contribution >= 4 is 33.3 Å². The number of hydrogen-bond acceptors (Lipinski definition) is 4. The van der Waals surface area contributed by atoms with Crippen molar-refractivity contribution in [3.8, 4) is 0 Å². The molecule has 0 radical (unpaired) electrons. The molecule has 1 aromatic carbocycles. The lowest BCUT2D eigenvalue weighted by molar-refractivity contribution is 0.911. The Morgan fingerprint density at radius 3 is 2.48 bits per heavy atom. The summed E-state index contributed by atoms with van der Waals surface area (Å²) < 4.78 is 1.02. The Morgan fingerprint density at radius 2 is 1.81 bits per heavy atom. The summed E-state index contributed by atoms with van der Waals surface area (Å²) in [6, 6.07) is 8.03. The zero-order chi connectivity index (χ0) is 15.2. The lowest BCUT2D eigenvalue weighted by Gasteiger charge is -2.15. The van der Waals surface area contributed by atoms with E-state index in [1.54, 1.807) is 0 Å². The summed E-state index contributed by atoms with van der Waals surface area (Å²) in [4.78, 5) is 9.19. The van der Waals surface area contributed by atoms with Gasteiger partial charge in [0.2, 0.25) is 0 Å². The second-order valence-corrected chi connectivity index (χ2v) is 5.70. The van der Waals surface area contributed by atoms with Gasteiger partial charge in [0, 0.05) is 23.0 Å². The molecular formula is C16H21BrN4. The molecule has 0 aliphatic heterocycles. The number of aryl methyl sites for hydroxylation is 1. The van der Waals surface area contributed by atoms with Gasteiger partial charge in [-0.05, 0) is 41.4 Å². The first-order valence-corrected chi connectivity index (χ1v) is 8.08. The predicted molar refractivity (Wildman–Crippen MR) is 92.4 cm³/mol. The average Bonchev–Trinajstić information content (AvgIpc) is 2.50. The molecule has 0 saturated heterocycles. The Bertz CT molecular complexity index is 613. The van der Waals surface area contributed by atoms with Gasteiger partial charge in [0.15, 0.2) is 0 Å². The van der Waals surface area contributed by atoms with Gasteiger partial charge in [0.25, 0.3) is 0 Å². The second-order valence-electron chi connectivity index (χ2n) is 4.85. The minimum absolute atomic E-state index is 0.811. The standard InChI is InChI=1S/C16H21BrN4/c1-4-10-18-15-11(3)16(21-14(5-2)20-15)19-13-9-7-6-8-12(13)17/h6-9H,4-5,10H2,1-3H3,(H2,18,19,20,21). The summed E-state index contributed by atoms with van der Waals surface area (Å²) >= 11 is 3.55. The van der Waals surface area contributed by atoms with Crippen LogP contribution in [0.1, 0.15) is 31.7 Å². The number of nitrogens with one attached hydrogen (secondary N) is 2. The Morgan fingerprint density at radius 1 is 1.10 bits per heavy atom. The maximum absolute atomic E-state index is 4.61. The van der Waals surface area contributed by atoms with Gasteiger partial charge in [-0.3, -0.25) is 0 Å². The van der Waals surface area contributed by atoms with Crippen LogP contribution in [0.4, 0.5) is 17.3 Å². The molecular weight excluding hydrogens is 328 g/mol. The van der Waals surface area contributed by atoms with Crippen LogP contribution in [0.5, 0.6) is 0 Å². The lowest BCUT2D eigenvalue weighted by Crippen LogP contribution is -2.10. The van der Waals surface area contributed by atoms with Crippen LogP contribution in [-0.2, 0) is 6.42 Å². The van der Waals surface area contributed by atoms with Crippen molar-refractivity contribution in [3.05, 3.63) is 40.1 Å². The van der Waals surface area contributed by atoms with E-state index in [9.17, 15) is 0 Å². The first-order valence-electron chi connectivity index (χ1n) is 7.28. The van der Waals surface area contributed by atoms with E-state index < -0.39 is 0 Å². The highest BCUT2D eigenvalue weighted by atomic mass is 79.9. The van der Waals surface area contributed by atoms with Crippen molar-refractivity contribution < 1.29 is 0 Å². The van der Waals surface area contributed by atoms with Crippen LogP contribution in [0.25, 0.3) is 0 Å². The molecule has 0 aliphatic rings. The normalized spacial score (nSPS) is 10.5. The van der Waals surface area contributed by atoms with Gasteiger partial charge in [-0.15, -0.1) is 0 Å². The summed E-state index contributed by atoms with van der Waals surface area (Å²) in [6.07, 6.45) is 1.88. The maximum atomic E-state index is 4.61. The van der Waals surface area contributed by atoms with Crippen LogP contribution in [-0.4, -0.2) is 16.5 Å². The van der Waals surface area contributed by atoms with Crippen LogP contribution < -0.4 is 10.6 Å². The minimum atomic E-state index is 0.811. The summed E-state index contributed by atoms with van der Waals surface area (Å²) in [5.41, 5.74) is 2.04. The highest BCUT2D eigenvalue weighted by Gasteiger charge is 2.11. The molecule has 0 aliphatic carbocycles. The van der Waals surface area contributed by atoms with Gasteiger partial charge >= 0.3 is 0 Å². The molecule has 4 nitrogen and oxygen atoms in total. The molecule has 112 valence electrons. The van der Waals surface area contributed by atoms with Crippen LogP contribution in [0.2, 0.25) is 0 Å². The summed E-state index contributed by atoms with van der Waals surface area (Å²) in [6.45, 7) is 7.16. The van der Waals surface area contributed by atoms with Crippen molar-refractivity contribution in [2.24, 2.45) is 0 Å². The molecule has 0 saturated carbocycles. The molecule has 1 heterocycles. The van der Waals surface area contributed by atoms with E-state index in [4.69, 9.17) is 0 Å². The average molecular weight is 349 g/mol. The molecule has 2 rings (SSSR count). The van der Waals surface area contributed by atoms with Gasteiger partial charge in [0.05, 0.1) is 5.69 Å². The number of para-hydroxylation sites is 1. The van der Waals surface area contributed by atoms with E-state index in [-0.39, 0.29) is 0 Å². The summed E-state index contributed by atoms with van der Waals surface area (Å²) in [5, 5.41) is 6.77.